The number of thiazole rings is 2. The monoisotopic (exact) mass is 373 g/mol. The van der Waals surface area contributed by atoms with E-state index in [-0.39, 0.29) is 0 Å². The molecule has 0 amide bonds. The molecule has 25 heavy (non-hydrogen) atoms. The van der Waals surface area contributed by atoms with E-state index in [0.29, 0.717) is 0 Å². The largest absolute Gasteiger partial charge is 0.385 e. The molecule has 7 nitrogen and oxygen atoms in total. The van der Waals surface area contributed by atoms with Crippen LogP contribution in [0.15, 0.2) is 21.8 Å². The summed E-state index contributed by atoms with van der Waals surface area (Å²) in [6.45, 7) is 3.84. The summed E-state index contributed by atoms with van der Waals surface area (Å²) in [5, 5.41) is 12.3. The third-order valence-corrected chi connectivity index (χ3v) is 5.83. The number of anilines is 2. The van der Waals surface area contributed by atoms with Gasteiger partial charge in [-0.05, 0) is 19.4 Å². The molecule has 1 aliphatic rings. The molecule has 4 rings (SSSR count). The van der Waals surface area contributed by atoms with Gasteiger partial charge in [-0.25, -0.2) is 9.97 Å². The van der Waals surface area contributed by atoms with Crippen molar-refractivity contribution in [1.82, 2.24) is 19.9 Å². The van der Waals surface area contributed by atoms with E-state index in [1.807, 2.05) is 28.4 Å². The molecule has 3 aromatic heterocycles. The van der Waals surface area contributed by atoms with Crippen molar-refractivity contribution >= 4 is 39.6 Å². The summed E-state index contributed by atoms with van der Waals surface area (Å²) < 4.78 is 1.97. The fraction of sp³-hybridized carbons (Fsp3) is 0.312. The summed E-state index contributed by atoms with van der Waals surface area (Å²) in [6, 6.07) is 1.97. The van der Waals surface area contributed by atoms with Gasteiger partial charge in [-0.15, -0.1) is 22.7 Å². The first-order chi connectivity index (χ1) is 12.1. The molecule has 4 heterocycles. The van der Waals surface area contributed by atoms with Crippen LogP contribution < -0.4 is 16.4 Å². The lowest BCUT2D eigenvalue weighted by Gasteiger charge is -2.13. The highest BCUT2D eigenvalue weighted by Gasteiger charge is 2.15. The zero-order chi connectivity index (χ0) is 17.4. The first-order valence-corrected chi connectivity index (χ1v) is 9.76. The summed E-state index contributed by atoms with van der Waals surface area (Å²) in [6.07, 6.45) is 1.07. The summed E-state index contributed by atoms with van der Waals surface area (Å²) in [7, 11) is 1.96. The number of aromatic nitrogens is 3. The van der Waals surface area contributed by atoms with Gasteiger partial charge in [0.2, 0.25) is 0 Å². The normalized spacial score (nSPS) is 14.2. The smallest absolute Gasteiger partial charge is 0.197 e. The van der Waals surface area contributed by atoms with Crippen molar-refractivity contribution < 1.29 is 0 Å². The molecule has 0 fully saturated rings. The maximum absolute atomic E-state index is 5.99. The standard InChI is InChI=1S/C16H19N7S2/c1-9-10(6-13(17)23(9)2)14-20-11(7-24-14)12-8-25-16(21-12)22-15-18-4-3-5-19-15/h6-8H,3-5,17H2,1-2H3,(H2,18,19,21,22). The van der Waals surface area contributed by atoms with Crippen LogP contribution >= 0.6 is 22.7 Å². The lowest BCUT2D eigenvalue weighted by Crippen LogP contribution is -2.35. The van der Waals surface area contributed by atoms with Gasteiger partial charge in [0.15, 0.2) is 11.1 Å². The summed E-state index contributed by atoms with van der Waals surface area (Å²) >= 11 is 3.16. The Kier molecular flexibility index (Phi) is 4.18. The van der Waals surface area contributed by atoms with Crippen LogP contribution in [0.5, 0.6) is 0 Å². The number of nitrogens with one attached hydrogen (secondary N) is 2. The van der Waals surface area contributed by atoms with Gasteiger partial charge in [-0.3, -0.25) is 4.99 Å². The Morgan fingerprint density at radius 1 is 1.24 bits per heavy atom. The van der Waals surface area contributed by atoms with Gasteiger partial charge >= 0.3 is 0 Å². The Balaban J connectivity index is 1.56. The zero-order valence-electron chi connectivity index (χ0n) is 14.0. The van der Waals surface area contributed by atoms with Gasteiger partial charge in [0.1, 0.15) is 22.2 Å². The van der Waals surface area contributed by atoms with E-state index in [0.717, 1.165) is 64.1 Å². The van der Waals surface area contributed by atoms with Gasteiger partial charge in [-0.2, -0.15) is 0 Å². The highest BCUT2D eigenvalue weighted by Crippen LogP contribution is 2.33. The van der Waals surface area contributed by atoms with Crippen LogP contribution in [0, 0.1) is 6.92 Å². The molecule has 0 saturated heterocycles. The van der Waals surface area contributed by atoms with E-state index in [2.05, 4.69) is 27.5 Å². The Hall–Kier alpha value is -2.39. The van der Waals surface area contributed by atoms with Gasteiger partial charge in [0.05, 0.1) is 0 Å². The van der Waals surface area contributed by atoms with Crippen LogP contribution in [-0.2, 0) is 7.05 Å². The Morgan fingerprint density at radius 2 is 2.04 bits per heavy atom. The molecule has 0 atom stereocenters. The molecular weight excluding hydrogens is 354 g/mol. The molecule has 0 aromatic carbocycles. The van der Waals surface area contributed by atoms with Crippen LogP contribution in [0.2, 0.25) is 0 Å². The molecule has 4 N–H and O–H groups in total. The molecule has 0 spiro atoms. The molecule has 130 valence electrons. The van der Waals surface area contributed by atoms with Crippen LogP contribution in [0.25, 0.3) is 22.0 Å². The molecule has 9 heteroatoms. The molecule has 0 unspecified atom stereocenters. The lowest BCUT2D eigenvalue weighted by atomic mass is 10.2. The highest BCUT2D eigenvalue weighted by atomic mass is 32.1. The molecule has 3 aromatic rings. The number of nitrogens with zero attached hydrogens (tertiary/aromatic N) is 4. The maximum Gasteiger partial charge on any atom is 0.197 e. The average Bonchev–Trinajstić information content (AvgIpc) is 3.33. The third kappa shape index (κ3) is 3.12. The predicted molar refractivity (Wildman–Crippen MR) is 105 cm³/mol. The van der Waals surface area contributed by atoms with Crippen molar-refractivity contribution in [3.05, 3.63) is 22.5 Å². The zero-order valence-corrected chi connectivity index (χ0v) is 15.7. The topological polar surface area (TPSA) is 93.2 Å². The number of hydrogen-bond acceptors (Lipinski definition) is 8. The third-order valence-electron chi connectivity index (χ3n) is 4.20. The van der Waals surface area contributed by atoms with Crippen LogP contribution in [0.4, 0.5) is 10.9 Å². The first-order valence-electron chi connectivity index (χ1n) is 8.01. The average molecular weight is 374 g/mol. The van der Waals surface area contributed by atoms with Crippen LogP contribution in [0.3, 0.4) is 0 Å². The van der Waals surface area contributed by atoms with Gasteiger partial charge in [0.25, 0.3) is 0 Å². The van der Waals surface area contributed by atoms with Gasteiger partial charge in [0, 0.05) is 42.2 Å². The first kappa shape index (κ1) is 16.1. The van der Waals surface area contributed by atoms with Crippen molar-refractivity contribution in [1.29, 1.82) is 0 Å². The van der Waals surface area contributed by atoms with E-state index in [1.54, 1.807) is 22.7 Å². The second-order valence-electron chi connectivity index (χ2n) is 5.84. The minimum Gasteiger partial charge on any atom is -0.385 e. The summed E-state index contributed by atoms with van der Waals surface area (Å²) in [5.74, 6) is 1.53. The lowest BCUT2D eigenvalue weighted by molar-refractivity contribution is 0.740. The number of nitrogens with two attached hydrogens (primary N) is 1. The number of guanidine groups is 1. The second kappa shape index (κ2) is 6.49. The van der Waals surface area contributed by atoms with E-state index in [1.165, 1.54) is 0 Å². The van der Waals surface area contributed by atoms with Gasteiger partial charge in [-0.1, -0.05) is 0 Å². The number of hydrogen-bond donors (Lipinski definition) is 3. The molecule has 0 radical (unpaired) electrons. The summed E-state index contributed by atoms with van der Waals surface area (Å²) in [4.78, 5) is 13.8. The predicted octanol–water partition coefficient (Wildman–Crippen LogP) is 2.92. The SMILES string of the molecule is Cc1c(-c2nc(-c3csc(NC4=NCCCN4)n3)cs2)cc(N)n1C. The minimum atomic E-state index is 0.741. The summed E-state index contributed by atoms with van der Waals surface area (Å²) in [5.41, 5.74) is 9.93. The van der Waals surface area contributed by atoms with Crippen LogP contribution in [-0.4, -0.2) is 33.6 Å². The quantitative estimate of drug-likeness (QED) is 0.656. The minimum absolute atomic E-state index is 0.741. The molecule has 0 bridgehead atoms. The molecular formula is C16H19N7S2. The molecule has 1 aliphatic heterocycles. The van der Waals surface area contributed by atoms with Crippen molar-refractivity contribution in [2.75, 3.05) is 24.1 Å². The second-order valence-corrected chi connectivity index (χ2v) is 7.55. The number of aliphatic imine (C=N–C) groups is 1. The van der Waals surface area contributed by atoms with Gasteiger partial charge < -0.3 is 20.9 Å². The van der Waals surface area contributed by atoms with Crippen molar-refractivity contribution in [3.8, 4) is 22.0 Å². The molecule has 0 saturated carbocycles. The Labute approximate surface area is 153 Å². The Morgan fingerprint density at radius 3 is 2.76 bits per heavy atom. The van der Waals surface area contributed by atoms with E-state index < -0.39 is 0 Å². The molecule has 0 aliphatic carbocycles. The Bertz CT molecular complexity index is 934. The van der Waals surface area contributed by atoms with E-state index in [4.69, 9.17) is 10.7 Å². The maximum atomic E-state index is 5.99. The van der Waals surface area contributed by atoms with Crippen LogP contribution in [0.1, 0.15) is 12.1 Å². The van der Waals surface area contributed by atoms with E-state index >= 15 is 0 Å². The fourth-order valence-electron chi connectivity index (χ4n) is 2.62. The highest BCUT2D eigenvalue weighted by molar-refractivity contribution is 7.14. The van der Waals surface area contributed by atoms with Crippen molar-refractivity contribution in [3.63, 3.8) is 0 Å². The fourth-order valence-corrected chi connectivity index (χ4v) is 4.21. The van der Waals surface area contributed by atoms with Crippen molar-refractivity contribution in [2.45, 2.75) is 13.3 Å². The number of rotatable bonds is 3. The van der Waals surface area contributed by atoms with E-state index in [9.17, 15) is 0 Å². The van der Waals surface area contributed by atoms with Crippen molar-refractivity contribution in [2.24, 2.45) is 12.0 Å². The number of nitrogen functional groups attached to an aromatic ring is 1.